The van der Waals surface area contributed by atoms with Crippen molar-refractivity contribution >= 4 is 18.0 Å². The van der Waals surface area contributed by atoms with Crippen molar-refractivity contribution in [1.82, 2.24) is 10.2 Å². The molecule has 1 heterocycles. The van der Waals surface area contributed by atoms with Crippen molar-refractivity contribution in [3.05, 3.63) is 0 Å². The molecule has 8 heteroatoms. The van der Waals surface area contributed by atoms with Crippen LogP contribution in [-0.2, 0) is 19.1 Å². The Kier molecular flexibility index (Phi) is 6.93. The highest BCUT2D eigenvalue weighted by molar-refractivity contribution is 5.83. The smallest absolute Gasteiger partial charge is 0.326 e. The Bertz CT molecular complexity index is 379. The number of hydrogen-bond donors (Lipinski definition) is 2. The average Bonchev–Trinajstić information content (AvgIpc) is 2.50. The zero-order chi connectivity index (χ0) is 15.8. The topological polar surface area (TPSA) is 105 Å². The number of rotatable bonds is 6. The fourth-order valence-electron chi connectivity index (χ4n) is 2.16. The van der Waals surface area contributed by atoms with Gasteiger partial charge in [0, 0.05) is 26.6 Å². The van der Waals surface area contributed by atoms with Crippen LogP contribution in [0.5, 0.6) is 0 Å². The van der Waals surface area contributed by atoms with Gasteiger partial charge < -0.3 is 24.8 Å². The van der Waals surface area contributed by atoms with E-state index in [4.69, 9.17) is 9.84 Å². The summed E-state index contributed by atoms with van der Waals surface area (Å²) in [5.74, 6) is -1.67. The number of urea groups is 1. The third-order valence-corrected chi connectivity index (χ3v) is 3.52. The highest BCUT2D eigenvalue weighted by Gasteiger charge is 2.27. The van der Waals surface area contributed by atoms with Gasteiger partial charge in [-0.05, 0) is 19.3 Å². The molecular formula is C13H22N2O6. The highest BCUT2D eigenvalue weighted by atomic mass is 16.5. The molecule has 1 aliphatic heterocycles. The molecule has 21 heavy (non-hydrogen) atoms. The number of carbonyl (C=O) groups is 3. The van der Waals surface area contributed by atoms with Crippen LogP contribution in [0.1, 0.15) is 25.7 Å². The monoisotopic (exact) mass is 302 g/mol. The van der Waals surface area contributed by atoms with Gasteiger partial charge in [-0.25, -0.2) is 9.59 Å². The van der Waals surface area contributed by atoms with Crippen molar-refractivity contribution in [3.63, 3.8) is 0 Å². The molecule has 2 amide bonds. The van der Waals surface area contributed by atoms with E-state index in [-0.39, 0.29) is 18.9 Å². The number of likely N-dealkylation sites (tertiary alicyclic amines) is 1. The summed E-state index contributed by atoms with van der Waals surface area (Å²) in [7, 11) is 2.87. The zero-order valence-electron chi connectivity index (χ0n) is 12.3. The first-order chi connectivity index (χ1) is 9.97. The summed E-state index contributed by atoms with van der Waals surface area (Å²) in [6.45, 7) is 1.04. The van der Waals surface area contributed by atoms with Crippen molar-refractivity contribution < 1.29 is 29.0 Å². The number of carboxylic acid groups (broad SMARTS) is 1. The molecule has 0 aromatic heterocycles. The maximum Gasteiger partial charge on any atom is 0.326 e. The van der Waals surface area contributed by atoms with E-state index in [1.807, 2.05) is 0 Å². The minimum atomic E-state index is -1.17. The molecule has 2 N–H and O–H groups in total. The Labute approximate surface area is 123 Å². The van der Waals surface area contributed by atoms with Gasteiger partial charge in [-0.2, -0.15) is 0 Å². The van der Waals surface area contributed by atoms with Gasteiger partial charge in [-0.1, -0.05) is 0 Å². The molecule has 0 aliphatic carbocycles. The lowest BCUT2D eigenvalue weighted by molar-refractivity contribution is -0.142. The minimum Gasteiger partial charge on any atom is -0.480 e. The summed E-state index contributed by atoms with van der Waals surface area (Å²) in [6.07, 6.45) is 1.54. The lowest BCUT2D eigenvalue weighted by atomic mass is 10.1. The molecule has 0 radical (unpaired) electrons. The summed E-state index contributed by atoms with van der Waals surface area (Å²) in [6, 6.07) is -1.53. The number of aliphatic carboxylic acids is 1. The van der Waals surface area contributed by atoms with Gasteiger partial charge in [0.25, 0.3) is 0 Å². The van der Waals surface area contributed by atoms with E-state index in [2.05, 4.69) is 10.1 Å². The number of nitrogens with zero attached hydrogens (tertiary/aromatic N) is 1. The fourth-order valence-corrected chi connectivity index (χ4v) is 2.16. The second-order valence-corrected chi connectivity index (χ2v) is 4.88. The number of nitrogens with one attached hydrogen (secondary N) is 1. The van der Waals surface area contributed by atoms with Gasteiger partial charge in [0.2, 0.25) is 0 Å². The number of piperidine rings is 1. The van der Waals surface area contributed by atoms with Crippen LogP contribution in [0.2, 0.25) is 0 Å². The maximum atomic E-state index is 12.0. The summed E-state index contributed by atoms with van der Waals surface area (Å²) in [5, 5.41) is 11.5. The van der Waals surface area contributed by atoms with Gasteiger partial charge in [0.1, 0.15) is 6.04 Å². The number of esters is 1. The Morgan fingerprint density at radius 3 is 2.38 bits per heavy atom. The molecule has 0 aromatic carbocycles. The molecule has 0 bridgehead atoms. The molecule has 1 aliphatic rings. The Balaban J connectivity index is 2.45. The molecule has 1 fully saturated rings. The van der Waals surface area contributed by atoms with E-state index < -0.39 is 24.0 Å². The molecule has 0 saturated carbocycles. The third-order valence-electron chi connectivity index (χ3n) is 3.52. The van der Waals surface area contributed by atoms with E-state index in [1.54, 1.807) is 12.0 Å². The molecule has 120 valence electrons. The quantitative estimate of drug-likeness (QED) is 0.680. The van der Waals surface area contributed by atoms with Crippen molar-refractivity contribution in [2.24, 2.45) is 0 Å². The number of hydrogen-bond acceptors (Lipinski definition) is 5. The standard InChI is InChI=1S/C13H22N2O6/c1-20-9-5-7-15(8-6-9)13(19)14-10(12(17)18)3-4-11(16)21-2/h9-10H,3-8H2,1-2H3,(H,14,19)(H,17,18)/t10-/m0/s1. The number of carboxylic acids is 1. The molecule has 1 rings (SSSR count). The predicted molar refractivity (Wildman–Crippen MR) is 72.8 cm³/mol. The fraction of sp³-hybridized carbons (Fsp3) is 0.769. The van der Waals surface area contributed by atoms with Crippen molar-refractivity contribution in [2.45, 2.75) is 37.8 Å². The van der Waals surface area contributed by atoms with E-state index in [9.17, 15) is 14.4 Å². The van der Waals surface area contributed by atoms with Gasteiger partial charge in [-0.3, -0.25) is 4.79 Å². The largest absolute Gasteiger partial charge is 0.480 e. The van der Waals surface area contributed by atoms with Crippen LogP contribution in [0.15, 0.2) is 0 Å². The van der Waals surface area contributed by atoms with Gasteiger partial charge in [0.05, 0.1) is 13.2 Å². The van der Waals surface area contributed by atoms with Crippen LogP contribution in [-0.4, -0.2) is 67.4 Å². The molecule has 0 unspecified atom stereocenters. The molecule has 8 nitrogen and oxygen atoms in total. The second-order valence-electron chi connectivity index (χ2n) is 4.88. The molecule has 1 saturated heterocycles. The first-order valence-corrected chi connectivity index (χ1v) is 6.85. The third kappa shape index (κ3) is 5.58. The first kappa shape index (κ1) is 17.2. The normalized spacial score (nSPS) is 17.1. The van der Waals surface area contributed by atoms with Crippen LogP contribution in [0.3, 0.4) is 0 Å². The number of amides is 2. The zero-order valence-corrected chi connectivity index (χ0v) is 12.3. The Morgan fingerprint density at radius 2 is 1.90 bits per heavy atom. The molecule has 0 aromatic rings. The van der Waals surface area contributed by atoms with Crippen molar-refractivity contribution in [3.8, 4) is 0 Å². The van der Waals surface area contributed by atoms with Crippen LogP contribution >= 0.6 is 0 Å². The molecule has 0 spiro atoms. The van der Waals surface area contributed by atoms with Crippen molar-refractivity contribution in [1.29, 1.82) is 0 Å². The van der Waals surface area contributed by atoms with Crippen LogP contribution < -0.4 is 5.32 Å². The van der Waals surface area contributed by atoms with Crippen LogP contribution in [0, 0.1) is 0 Å². The Hall–Kier alpha value is -1.83. The van der Waals surface area contributed by atoms with E-state index in [0.29, 0.717) is 13.1 Å². The van der Waals surface area contributed by atoms with E-state index in [1.165, 1.54) is 7.11 Å². The summed E-state index contributed by atoms with van der Waals surface area (Å²) in [5.41, 5.74) is 0. The summed E-state index contributed by atoms with van der Waals surface area (Å²) >= 11 is 0. The van der Waals surface area contributed by atoms with Gasteiger partial charge >= 0.3 is 18.0 Å². The SMILES string of the molecule is COC(=O)CC[C@H](NC(=O)N1CCC(OC)CC1)C(=O)O. The van der Waals surface area contributed by atoms with Crippen LogP contribution in [0.4, 0.5) is 4.79 Å². The molecule has 1 atom stereocenters. The highest BCUT2D eigenvalue weighted by Crippen LogP contribution is 2.13. The lowest BCUT2D eigenvalue weighted by Gasteiger charge is -2.32. The van der Waals surface area contributed by atoms with E-state index >= 15 is 0 Å². The van der Waals surface area contributed by atoms with Gasteiger partial charge in [-0.15, -0.1) is 0 Å². The predicted octanol–water partition coefficient (Wildman–Crippen LogP) is 0.213. The van der Waals surface area contributed by atoms with Gasteiger partial charge in [0.15, 0.2) is 0 Å². The average molecular weight is 302 g/mol. The number of methoxy groups -OCH3 is 2. The first-order valence-electron chi connectivity index (χ1n) is 6.85. The lowest BCUT2D eigenvalue weighted by Crippen LogP contribution is -2.51. The van der Waals surface area contributed by atoms with Crippen molar-refractivity contribution in [2.75, 3.05) is 27.3 Å². The Morgan fingerprint density at radius 1 is 1.29 bits per heavy atom. The summed E-state index contributed by atoms with van der Waals surface area (Å²) in [4.78, 5) is 35.7. The van der Waals surface area contributed by atoms with Crippen LogP contribution in [0.25, 0.3) is 0 Å². The minimum absolute atomic E-state index is 0.00226. The number of ether oxygens (including phenoxy) is 2. The second kappa shape index (κ2) is 8.46. The summed E-state index contributed by atoms with van der Waals surface area (Å²) < 4.78 is 9.67. The molecular weight excluding hydrogens is 280 g/mol. The number of carbonyl (C=O) groups excluding carboxylic acids is 2. The maximum absolute atomic E-state index is 12.0. The van der Waals surface area contributed by atoms with E-state index in [0.717, 1.165) is 12.8 Å².